The molecule has 0 amide bonds. The van der Waals surface area contributed by atoms with Gasteiger partial charge in [0.2, 0.25) is 5.82 Å². The molecule has 0 spiro atoms. The zero-order valence-corrected chi connectivity index (χ0v) is 20.1. The van der Waals surface area contributed by atoms with Crippen LogP contribution in [0.1, 0.15) is 70.3 Å². The van der Waals surface area contributed by atoms with Gasteiger partial charge in [0.05, 0.1) is 0 Å². The molecule has 0 bridgehead atoms. The Bertz CT molecular complexity index is 1120. The van der Waals surface area contributed by atoms with Crippen molar-refractivity contribution in [1.29, 1.82) is 0 Å². The molecule has 2 nitrogen and oxygen atoms in total. The highest BCUT2D eigenvalue weighted by Crippen LogP contribution is 2.44. The van der Waals surface area contributed by atoms with Crippen LogP contribution < -0.4 is 4.74 Å². The number of alkyl halides is 3. The number of hydrogen-bond acceptors (Lipinski definition) is 2. The monoisotopic (exact) mass is 512 g/mol. The molecule has 36 heavy (non-hydrogen) atoms. The minimum atomic E-state index is -5.17. The number of ether oxygens (including phenoxy) is 1. The number of allylic oxidation sites excluding steroid dienone is 2. The third kappa shape index (κ3) is 5.68. The van der Waals surface area contributed by atoms with Gasteiger partial charge in [0.1, 0.15) is 0 Å². The van der Waals surface area contributed by atoms with E-state index in [9.17, 15) is 22.7 Å². The van der Waals surface area contributed by atoms with E-state index in [1.807, 2.05) is 6.08 Å². The Labute approximate surface area is 207 Å². The second-order valence-electron chi connectivity index (χ2n) is 9.94. The Morgan fingerprint density at radius 2 is 1.47 bits per heavy atom. The Morgan fingerprint density at radius 3 is 2.08 bits per heavy atom. The van der Waals surface area contributed by atoms with Gasteiger partial charge in [-0.15, -0.1) is 13.2 Å². The Kier molecular flexibility index (Phi) is 7.90. The predicted molar refractivity (Wildman–Crippen MR) is 126 cm³/mol. The molecular formula is C28H30F6O2. The normalized spacial score (nSPS) is 22.9. The van der Waals surface area contributed by atoms with Gasteiger partial charge in [0.15, 0.2) is 23.1 Å². The summed E-state index contributed by atoms with van der Waals surface area (Å²) in [5.41, 5.74) is -0.109. The molecule has 1 unspecified atom stereocenters. The number of halogens is 6. The van der Waals surface area contributed by atoms with E-state index in [0.29, 0.717) is 29.9 Å². The molecule has 0 aromatic heterocycles. The fourth-order valence-electron chi connectivity index (χ4n) is 5.86. The fraction of sp³-hybridized carbons (Fsp3) is 0.500. The molecule has 1 atom stereocenters. The summed E-state index contributed by atoms with van der Waals surface area (Å²) >= 11 is 0. The van der Waals surface area contributed by atoms with Gasteiger partial charge in [-0.1, -0.05) is 50.8 Å². The number of hydrogen-bond donors (Lipinski definition) is 1. The third-order valence-electron chi connectivity index (χ3n) is 7.73. The van der Waals surface area contributed by atoms with Crippen molar-refractivity contribution in [2.75, 3.05) is 0 Å². The lowest BCUT2D eigenvalue weighted by atomic mass is 9.70. The van der Waals surface area contributed by atoms with Gasteiger partial charge < -0.3 is 9.84 Å². The summed E-state index contributed by atoms with van der Waals surface area (Å²) < 4.78 is 85.0. The van der Waals surface area contributed by atoms with Gasteiger partial charge in [0, 0.05) is 16.7 Å². The van der Waals surface area contributed by atoms with Crippen LogP contribution in [0.4, 0.5) is 26.3 Å². The number of rotatable bonds is 6. The summed E-state index contributed by atoms with van der Waals surface area (Å²) in [6, 6.07) is 4.04. The topological polar surface area (TPSA) is 29.5 Å². The molecular weight excluding hydrogens is 482 g/mol. The molecule has 196 valence electrons. The highest BCUT2D eigenvalue weighted by atomic mass is 19.4. The van der Waals surface area contributed by atoms with Crippen LogP contribution >= 0.6 is 0 Å². The summed E-state index contributed by atoms with van der Waals surface area (Å²) in [5.74, 6) is -4.62. The maximum Gasteiger partial charge on any atom is 0.573 e. The van der Waals surface area contributed by atoms with Crippen molar-refractivity contribution in [2.24, 2.45) is 17.8 Å². The van der Waals surface area contributed by atoms with Gasteiger partial charge in [-0.3, -0.25) is 0 Å². The first-order valence-electron chi connectivity index (χ1n) is 12.5. The van der Waals surface area contributed by atoms with Crippen LogP contribution in [0.2, 0.25) is 0 Å². The maximum atomic E-state index is 15.1. The Morgan fingerprint density at radius 1 is 0.833 bits per heavy atom. The van der Waals surface area contributed by atoms with Crippen molar-refractivity contribution in [3.63, 3.8) is 0 Å². The lowest BCUT2D eigenvalue weighted by Gasteiger charge is -2.35. The molecule has 0 radical (unpaired) electrons. The molecule has 0 saturated heterocycles. The average Bonchev–Trinajstić information content (AvgIpc) is 2.84. The van der Waals surface area contributed by atoms with Crippen LogP contribution in [0.15, 0.2) is 30.3 Å². The van der Waals surface area contributed by atoms with Crippen LogP contribution in [-0.4, -0.2) is 11.5 Å². The van der Waals surface area contributed by atoms with Gasteiger partial charge >= 0.3 is 6.36 Å². The van der Waals surface area contributed by atoms with Crippen LogP contribution in [-0.2, 0) is 0 Å². The van der Waals surface area contributed by atoms with Crippen LogP contribution in [0, 0.1) is 35.2 Å². The molecule has 1 saturated carbocycles. The lowest BCUT2D eigenvalue weighted by molar-refractivity contribution is -0.275. The highest BCUT2D eigenvalue weighted by molar-refractivity contribution is 5.75. The second-order valence-corrected chi connectivity index (χ2v) is 9.94. The van der Waals surface area contributed by atoms with E-state index in [-0.39, 0.29) is 5.56 Å². The summed E-state index contributed by atoms with van der Waals surface area (Å²) in [6.45, 7) is 2.22. The number of phenols is 1. The maximum absolute atomic E-state index is 15.1. The summed E-state index contributed by atoms with van der Waals surface area (Å²) in [4.78, 5) is 0. The minimum absolute atomic E-state index is 0.110. The van der Waals surface area contributed by atoms with Crippen molar-refractivity contribution in [3.8, 4) is 22.6 Å². The first-order valence-corrected chi connectivity index (χ1v) is 12.5. The lowest BCUT2D eigenvalue weighted by Crippen LogP contribution is -2.23. The van der Waals surface area contributed by atoms with Gasteiger partial charge in [-0.25, -0.2) is 8.78 Å². The van der Waals surface area contributed by atoms with Crippen LogP contribution in [0.25, 0.3) is 16.7 Å². The molecule has 2 aromatic rings. The molecule has 4 rings (SSSR count). The summed E-state index contributed by atoms with van der Waals surface area (Å²) in [6.07, 6.45) is 6.64. The predicted octanol–water partition coefficient (Wildman–Crippen LogP) is 9.17. The van der Waals surface area contributed by atoms with Crippen LogP contribution in [0.5, 0.6) is 11.5 Å². The van der Waals surface area contributed by atoms with Crippen molar-refractivity contribution < 1.29 is 36.2 Å². The SMILES string of the molecule is CCCC1CCC(C2CC=C(c3ccc(-c4ccc(OC(F)(F)F)c(F)c4O)c(F)c3F)CC2)CC1. The zero-order chi connectivity index (χ0) is 26.0. The number of benzene rings is 2. The van der Waals surface area contributed by atoms with Crippen molar-refractivity contribution in [2.45, 2.75) is 71.1 Å². The van der Waals surface area contributed by atoms with E-state index in [4.69, 9.17) is 0 Å². The number of phenolic OH excluding ortho intramolecular Hbond substituents is 1. The van der Waals surface area contributed by atoms with Gasteiger partial charge in [-0.05, 0) is 67.6 Å². The third-order valence-corrected chi connectivity index (χ3v) is 7.73. The van der Waals surface area contributed by atoms with E-state index < -0.39 is 46.4 Å². The molecule has 2 aliphatic rings. The highest BCUT2D eigenvalue weighted by Gasteiger charge is 2.34. The van der Waals surface area contributed by atoms with Gasteiger partial charge in [-0.2, -0.15) is 4.39 Å². The molecule has 1 N–H and O–H groups in total. The standard InChI is InChI=1S/C28H30F6O2/c1-2-3-16-4-6-17(7-5-16)18-8-10-19(11-9-18)20-12-13-21(25(30)24(20)29)22-14-15-23(26(31)27(22)35)36-28(32,33)34/h10,12-18,35H,2-9,11H2,1H3. The fourth-order valence-corrected chi connectivity index (χ4v) is 5.86. The largest absolute Gasteiger partial charge is 0.573 e. The first-order chi connectivity index (χ1) is 17.1. The average molecular weight is 513 g/mol. The second kappa shape index (κ2) is 10.8. The molecule has 0 aliphatic heterocycles. The molecule has 1 fully saturated rings. The number of aromatic hydroxyl groups is 1. The van der Waals surface area contributed by atoms with Crippen molar-refractivity contribution in [3.05, 3.63) is 53.4 Å². The van der Waals surface area contributed by atoms with Gasteiger partial charge in [0.25, 0.3) is 0 Å². The van der Waals surface area contributed by atoms with E-state index >= 15 is 8.78 Å². The van der Waals surface area contributed by atoms with E-state index in [2.05, 4.69) is 11.7 Å². The molecule has 2 aliphatic carbocycles. The zero-order valence-electron chi connectivity index (χ0n) is 20.1. The summed E-state index contributed by atoms with van der Waals surface area (Å²) in [5, 5.41) is 10.0. The quantitative estimate of drug-likeness (QED) is 0.391. The minimum Gasteiger partial charge on any atom is -0.504 e. The van der Waals surface area contributed by atoms with Crippen LogP contribution in [0.3, 0.4) is 0 Å². The summed E-state index contributed by atoms with van der Waals surface area (Å²) in [7, 11) is 0. The van der Waals surface area contributed by atoms with Crippen molar-refractivity contribution >= 4 is 5.57 Å². The Balaban J connectivity index is 1.50. The molecule has 8 heteroatoms. The van der Waals surface area contributed by atoms with E-state index in [1.165, 1.54) is 50.7 Å². The Hall–Kier alpha value is -2.64. The molecule has 2 aromatic carbocycles. The van der Waals surface area contributed by atoms with E-state index in [1.54, 1.807) is 0 Å². The van der Waals surface area contributed by atoms with E-state index in [0.717, 1.165) is 24.8 Å². The molecule has 0 heterocycles. The van der Waals surface area contributed by atoms with Crippen molar-refractivity contribution in [1.82, 2.24) is 0 Å². The smallest absolute Gasteiger partial charge is 0.504 e. The first kappa shape index (κ1) is 26.4.